The number of methoxy groups -OCH3 is 1. The van der Waals surface area contributed by atoms with E-state index < -0.39 is 5.54 Å². The molecule has 0 aromatic heterocycles. The Bertz CT molecular complexity index is 785. The van der Waals surface area contributed by atoms with Gasteiger partial charge in [0, 0.05) is 0 Å². The molecule has 2 aromatic rings. The Morgan fingerprint density at radius 1 is 1.08 bits per heavy atom. The molecule has 2 aromatic carbocycles. The second-order valence-electron chi connectivity index (χ2n) is 6.10. The first-order valence-electron chi connectivity index (χ1n) is 7.79. The molecular weight excluding hydrogens is 304 g/mol. The molecule has 1 aliphatic rings. The number of amides is 3. The van der Waals surface area contributed by atoms with Crippen LogP contribution < -0.4 is 10.1 Å². The van der Waals surface area contributed by atoms with Gasteiger partial charge < -0.3 is 10.1 Å². The van der Waals surface area contributed by atoms with Crippen molar-refractivity contribution >= 4 is 11.9 Å². The van der Waals surface area contributed by atoms with E-state index in [1.807, 2.05) is 31.2 Å². The zero-order chi connectivity index (χ0) is 17.3. The summed E-state index contributed by atoms with van der Waals surface area (Å²) in [6, 6.07) is 14.5. The van der Waals surface area contributed by atoms with Crippen LogP contribution in [-0.2, 0) is 16.9 Å². The molecule has 0 spiro atoms. The third kappa shape index (κ3) is 2.62. The molecule has 1 saturated heterocycles. The van der Waals surface area contributed by atoms with Crippen molar-refractivity contribution in [1.82, 2.24) is 10.2 Å². The van der Waals surface area contributed by atoms with E-state index in [4.69, 9.17) is 4.74 Å². The van der Waals surface area contributed by atoms with Crippen LogP contribution in [0.2, 0.25) is 0 Å². The van der Waals surface area contributed by atoms with Crippen molar-refractivity contribution in [2.45, 2.75) is 25.9 Å². The van der Waals surface area contributed by atoms with Gasteiger partial charge in [0.25, 0.3) is 5.91 Å². The molecule has 5 nitrogen and oxygen atoms in total. The second-order valence-corrected chi connectivity index (χ2v) is 6.10. The molecule has 1 heterocycles. The highest BCUT2D eigenvalue weighted by Gasteiger charge is 2.48. The summed E-state index contributed by atoms with van der Waals surface area (Å²) in [6.07, 6.45) is 0. The van der Waals surface area contributed by atoms with E-state index in [0.717, 1.165) is 16.7 Å². The number of ether oxygens (including phenoxy) is 1. The SMILES string of the molecule is COc1ccc([C@@]2(C)NC(=O)N(Cc3ccccc3C)C2=O)cc1. The maximum atomic E-state index is 12.9. The largest absolute Gasteiger partial charge is 0.497 e. The average molecular weight is 324 g/mol. The molecule has 0 saturated carbocycles. The van der Waals surface area contributed by atoms with Crippen LogP contribution in [-0.4, -0.2) is 23.9 Å². The van der Waals surface area contributed by atoms with E-state index in [9.17, 15) is 9.59 Å². The van der Waals surface area contributed by atoms with Crippen molar-refractivity contribution in [3.05, 3.63) is 65.2 Å². The van der Waals surface area contributed by atoms with Crippen LogP contribution in [0.4, 0.5) is 4.79 Å². The number of nitrogens with one attached hydrogen (secondary N) is 1. The van der Waals surface area contributed by atoms with Crippen LogP contribution in [0.5, 0.6) is 5.75 Å². The van der Waals surface area contributed by atoms with Gasteiger partial charge in [-0.1, -0.05) is 36.4 Å². The van der Waals surface area contributed by atoms with Crippen LogP contribution in [0.15, 0.2) is 48.5 Å². The molecule has 1 atom stereocenters. The van der Waals surface area contributed by atoms with Gasteiger partial charge in [0.2, 0.25) is 0 Å². The summed E-state index contributed by atoms with van der Waals surface area (Å²) in [5.41, 5.74) is 1.68. The van der Waals surface area contributed by atoms with Gasteiger partial charge in [-0.25, -0.2) is 4.79 Å². The first-order chi connectivity index (χ1) is 11.5. The smallest absolute Gasteiger partial charge is 0.325 e. The molecule has 3 rings (SSSR count). The van der Waals surface area contributed by atoms with Gasteiger partial charge in [-0.3, -0.25) is 9.69 Å². The summed E-state index contributed by atoms with van der Waals surface area (Å²) in [6.45, 7) is 3.96. The van der Waals surface area contributed by atoms with Gasteiger partial charge in [0.1, 0.15) is 11.3 Å². The maximum absolute atomic E-state index is 12.9. The highest BCUT2D eigenvalue weighted by molar-refractivity contribution is 6.07. The Hall–Kier alpha value is -2.82. The summed E-state index contributed by atoms with van der Waals surface area (Å²) in [5, 5.41) is 2.82. The summed E-state index contributed by atoms with van der Waals surface area (Å²) in [5.74, 6) is 0.455. The van der Waals surface area contributed by atoms with Gasteiger partial charge in [-0.15, -0.1) is 0 Å². The van der Waals surface area contributed by atoms with Crippen molar-refractivity contribution in [3.63, 3.8) is 0 Å². The summed E-state index contributed by atoms with van der Waals surface area (Å²) in [7, 11) is 1.59. The highest BCUT2D eigenvalue weighted by Crippen LogP contribution is 2.31. The highest BCUT2D eigenvalue weighted by atomic mass is 16.5. The lowest BCUT2D eigenvalue weighted by molar-refractivity contribution is -0.131. The van der Waals surface area contributed by atoms with Crippen molar-refractivity contribution in [2.75, 3.05) is 7.11 Å². The Kier molecular flexibility index (Phi) is 4.01. The Morgan fingerprint density at radius 2 is 1.75 bits per heavy atom. The Morgan fingerprint density at radius 3 is 2.38 bits per heavy atom. The normalized spacial score (nSPS) is 20.2. The Balaban J connectivity index is 1.88. The van der Waals surface area contributed by atoms with E-state index in [2.05, 4.69) is 5.32 Å². The summed E-state index contributed by atoms with van der Waals surface area (Å²) < 4.78 is 5.14. The molecule has 5 heteroatoms. The molecule has 124 valence electrons. The van der Waals surface area contributed by atoms with Crippen LogP contribution in [0, 0.1) is 6.92 Å². The monoisotopic (exact) mass is 324 g/mol. The van der Waals surface area contributed by atoms with Crippen molar-refractivity contribution in [3.8, 4) is 5.75 Å². The predicted molar refractivity (Wildman–Crippen MR) is 90.6 cm³/mol. The molecule has 3 amide bonds. The fourth-order valence-corrected chi connectivity index (χ4v) is 2.92. The number of aryl methyl sites for hydroxylation is 1. The molecule has 1 aliphatic heterocycles. The predicted octanol–water partition coefficient (Wildman–Crippen LogP) is 2.97. The molecule has 0 radical (unpaired) electrons. The van der Waals surface area contributed by atoms with Crippen molar-refractivity contribution < 1.29 is 14.3 Å². The van der Waals surface area contributed by atoms with E-state index >= 15 is 0 Å². The van der Waals surface area contributed by atoms with Crippen LogP contribution >= 0.6 is 0 Å². The van der Waals surface area contributed by atoms with E-state index in [1.165, 1.54) is 4.90 Å². The number of imide groups is 1. The van der Waals surface area contributed by atoms with E-state index in [0.29, 0.717) is 5.75 Å². The number of urea groups is 1. The van der Waals surface area contributed by atoms with Gasteiger partial charge in [0.15, 0.2) is 0 Å². The number of rotatable bonds is 4. The van der Waals surface area contributed by atoms with E-state index in [1.54, 1.807) is 38.3 Å². The lowest BCUT2D eigenvalue weighted by Gasteiger charge is -2.22. The average Bonchev–Trinajstić information content (AvgIpc) is 2.81. The fourth-order valence-electron chi connectivity index (χ4n) is 2.92. The van der Waals surface area contributed by atoms with Gasteiger partial charge in [-0.2, -0.15) is 0 Å². The molecule has 0 bridgehead atoms. The molecule has 1 N–H and O–H groups in total. The minimum atomic E-state index is -1.06. The quantitative estimate of drug-likeness (QED) is 0.880. The lowest BCUT2D eigenvalue weighted by Crippen LogP contribution is -2.40. The third-order valence-electron chi connectivity index (χ3n) is 4.53. The molecule has 0 unspecified atom stereocenters. The van der Waals surface area contributed by atoms with E-state index in [-0.39, 0.29) is 18.5 Å². The van der Waals surface area contributed by atoms with Crippen LogP contribution in [0.3, 0.4) is 0 Å². The zero-order valence-electron chi connectivity index (χ0n) is 14.0. The molecule has 1 fully saturated rings. The van der Waals surface area contributed by atoms with Gasteiger partial charge in [0.05, 0.1) is 13.7 Å². The first kappa shape index (κ1) is 16.1. The summed E-state index contributed by atoms with van der Waals surface area (Å²) in [4.78, 5) is 26.6. The molecular formula is C19H20N2O3. The van der Waals surface area contributed by atoms with Crippen molar-refractivity contribution in [2.24, 2.45) is 0 Å². The minimum absolute atomic E-state index is 0.249. The second kappa shape index (κ2) is 6.00. The number of hydrogen-bond donors (Lipinski definition) is 1. The number of benzene rings is 2. The zero-order valence-corrected chi connectivity index (χ0v) is 14.0. The molecule has 0 aliphatic carbocycles. The number of nitrogens with zero attached hydrogens (tertiary/aromatic N) is 1. The number of hydrogen-bond acceptors (Lipinski definition) is 3. The van der Waals surface area contributed by atoms with Crippen molar-refractivity contribution in [1.29, 1.82) is 0 Å². The van der Waals surface area contributed by atoms with Gasteiger partial charge in [-0.05, 0) is 42.7 Å². The lowest BCUT2D eigenvalue weighted by atomic mass is 9.92. The van der Waals surface area contributed by atoms with Crippen LogP contribution in [0.25, 0.3) is 0 Å². The van der Waals surface area contributed by atoms with Crippen LogP contribution in [0.1, 0.15) is 23.6 Å². The fraction of sp³-hybridized carbons (Fsp3) is 0.263. The summed E-state index contributed by atoms with van der Waals surface area (Å²) >= 11 is 0. The number of carbonyl (C=O) groups excluding carboxylic acids is 2. The minimum Gasteiger partial charge on any atom is -0.497 e. The Labute approximate surface area is 141 Å². The standard InChI is InChI=1S/C19H20N2O3/c1-13-6-4-5-7-14(13)12-21-17(22)19(2,20-18(21)23)15-8-10-16(24-3)11-9-15/h4-11H,12H2,1-3H3,(H,20,23)/t19-/m1/s1. The first-order valence-corrected chi connectivity index (χ1v) is 7.79. The van der Waals surface area contributed by atoms with Gasteiger partial charge >= 0.3 is 6.03 Å². The maximum Gasteiger partial charge on any atom is 0.325 e. The third-order valence-corrected chi connectivity index (χ3v) is 4.53. The number of carbonyl (C=O) groups is 2. The molecule has 24 heavy (non-hydrogen) atoms. The topological polar surface area (TPSA) is 58.6 Å².